The van der Waals surface area contributed by atoms with Crippen molar-refractivity contribution in [1.29, 1.82) is 0 Å². The zero-order valence-corrected chi connectivity index (χ0v) is 22.0. The zero-order valence-electron chi connectivity index (χ0n) is 21.2. The third-order valence-electron chi connectivity index (χ3n) is 7.34. The van der Waals surface area contributed by atoms with Gasteiger partial charge in [0.15, 0.2) is 0 Å². The molecule has 2 fully saturated rings. The van der Waals surface area contributed by atoms with Gasteiger partial charge in [-0.2, -0.15) is 0 Å². The molecule has 4 rings (SSSR count). The van der Waals surface area contributed by atoms with E-state index >= 15 is 0 Å². The lowest BCUT2D eigenvalue weighted by molar-refractivity contribution is -0.141. The third kappa shape index (κ3) is 5.89. The van der Waals surface area contributed by atoms with Crippen LogP contribution in [-0.2, 0) is 15.0 Å². The fraction of sp³-hybridized carbons (Fsp3) is 0.500. The number of nitrogens with one attached hydrogen (secondary N) is 2. The highest BCUT2D eigenvalue weighted by molar-refractivity contribution is 5.89. The van der Waals surface area contributed by atoms with Crippen molar-refractivity contribution >= 4 is 24.2 Å². The molecular formula is C28H36ClF2N3O2. The summed E-state index contributed by atoms with van der Waals surface area (Å²) in [4.78, 5) is 29.0. The second kappa shape index (κ2) is 11.3. The fourth-order valence-corrected chi connectivity index (χ4v) is 5.49. The van der Waals surface area contributed by atoms with Crippen LogP contribution in [0.1, 0.15) is 57.1 Å². The lowest BCUT2D eigenvalue weighted by Gasteiger charge is -2.44. The van der Waals surface area contributed by atoms with E-state index in [9.17, 15) is 18.4 Å². The molecule has 36 heavy (non-hydrogen) atoms. The number of carbonyl (C=O) groups is 2. The number of hydrogen-bond donors (Lipinski definition) is 2. The first kappa shape index (κ1) is 28.1. The molecule has 2 aliphatic rings. The van der Waals surface area contributed by atoms with Crippen LogP contribution < -0.4 is 10.6 Å². The highest BCUT2D eigenvalue weighted by Gasteiger charge is 2.47. The molecule has 2 aliphatic heterocycles. The van der Waals surface area contributed by atoms with E-state index in [1.165, 1.54) is 18.2 Å². The summed E-state index contributed by atoms with van der Waals surface area (Å²) in [6, 6.07) is 12.8. The van der Waals surface area contributed by atoms with Gasteiger partial charge >= 0.3 is 0 Å². The van der Waals surface area contributed by atoms with E-state index in [0.717, 1.165) is 12.1 Å². The molecular weight excluding hydrogens is 484 g/mol. The summed E-state index contributed by atoms with van der Waals surface area (Å²) in [5.74, 6) is -1.10. The number of halogens is 3. The van der Waals surface area contributed by atoms with Gasteiger partial charge in [-0.25, -0.2) is 8.78 Å². The van der Waals surface area contributed by atoms with Crippen molar-refractivity contribution in [1.82, 2.24) is 15.5 Å². The Labute approximate surface area is 218 Å². The van der Waals surface area contributed by atoms with E-state index in [1.807, 2.05) is 25.7 Å². The van der Waals surface area contributed by atoms with Crippen molar-refractivity contribution in [3.63, 3.8) is 0 Å². The molecule has 0 spiro atoms. The van der Waals surface area contributed by atoms with Crippen LogP contribution in [0.15, 0.2) is 48.5 Å². The minimum absolute atomic E-state index is 0. The maximum absolute atomic E-state index is 14.9. The van der Waals surface area contributed by atoms with Crippen molar-refractivity contribution in [3.8, 4) is 0 Å². The van der Waals surface area contributed by atoms with E-state index in [2.05, 4.69) is 10.6 Å². The van der Waals surface area contributed by atoms with E-state index in [-0.39, 0.29) is 41.9 Å². The summed E-state index contributed by atoms with van der Waals surface area (Å²) in [6.07, 6.45) is 1.40. The molecule has 2 saturated heterocycles. The second-order valence-electron chi connectivity index (χ2n) is 10.8. The molecule has 0 radical (unpaired) electrons. The largest absolute Gasteiger partial charge is 0.351 e. The molecule has 8 heteroatoms. The van der Waals surface area contributed by atoms with Gasteiger partial charge in [0, 0.05) is 42.6 Å². The lowest BCUT2D eigenvalue weighted by atomic mass is 9.71. The molecule has 196 valence electrons. The van der Waals surface area contributed by atoms with Gasteiger partial charge in [-0.15, -0.1) is 12.4 Å². The van der Waals surface area contributed by atoms with Gasteiger partial charge in [-0.3, -0.25) is 9.59 Å². The van der Waals surface area contributed by atoms with E-state index in [4.69, 9.17) is 0 Å². The number of carbonyl (C=O) groups excluding carboxylic acids is 2. The topological polar surface area (TPSA) is 61.4 Å². The minimum atomic E-state index is -1.03. The minimum Gasteiger partial charge on any atom is -0.351 e. The Morgan fingerprint density at radius 1 is 1.03 bits per heavy atom. The van der Waals surface area contributed by atoms with Crippen LogP contribution in [0.2, 0.25) is 0 Å². The predicted molar refractivity (Wildman–Crippen MR) is 139 cm³/mol. The van der Waals surface area contributed by atoms with Crippen LogP contribution in [0, 0.1) is 17.6 Å². The Morgan fingerprint density at radius 2 is 1.67 bits per heavy atom. The van der Waals surface area contributed by atoms with Gasteiger partial charge in [-0.1, -0.05) is 30.3 Å². The molecule has 2 atom stereocenters. The first-order chi connectivity index (χ1) is 16.6. The normalized spacial score (nSPS) is 21.9. The SMILES string of the molecule is CC(C)(C)NC(=O)C1(c2ccccc2F)CCN(C(=O)C2CCNC[C@H]2c2ccc(F)cc2)CC1.Cl. The molecule has 5 nitrogen and oxygen atoms in total. The Hall–Kier alpha value is -2.51. The third-order valence-corrected chi connectivity index (χ3v) is 7.34. The highest BCUT2D eigenvalue weighted by Crippen LogP contribution is 2.39. The van der Waals surface area contributed by atoms with Crippen molar-refractivity contribution < 1.29 is 18.4 Å². The number of rotatable bonds is 4. The average Bonchev–Trinajstić information content (AvgIpc) is 2.83. The monoisotopic (exact) mass is 519 g/mol. The quantitative estimate of drug-likeness (QED) is 0.623. The number of benzene rings is 2. The number of piperidine rings is 2. The van der Waals surface area contributed by atoms with Crippen molar-refractivity contribution in [3.05, 3.63) is 71.3 Å². The average molecular weight is 520 g/mol. The highest BCUT2D eigenvalue weighted by atomic mass is 35.5. The smallest absolute Gasteiger partial charge is 0.231 e. The van der Waals surface area contributed by atoms with Crippen LogP contribution >= 0.6 is 12.4 Å². The van der Waals surface area contributed by atoms with E-state index < -0.39 is 16.8 Å². The molecule has 2 N–H and O–H groups in total. The number of nitrogens with zero attached hydrogens (tertiary/aromatic N) is 1. The summed E-state index contributed by atoms with van der Waals surface area (Å²) in [5.41, 5.74) is -0.154. The van der Waals surface area contributed by atoms with E-state index in [1.54, 1.807) is 30.3 Å². The van der Waals surface area contributed by atoms with E-state index in [0.29, 0.717) is 44.5 Å². The van der Waals surface area contributed by atoms with Gasteiger partial charge in [0.05, 0.1) is 5.41 Å². The summed E-state index contributed by atoms with van der Waals surface area (Å²) in [7, 11) is 0. The summed E-state index contributed by atoms with van der Waals surface area (Å²) in [6.45, 7) is 7.88. The van der Waals surface area contributed by atoms with Gasteiger partial charge in [0.1, 0.15) is 11.6 Å². The molecule has 0 aliphatic carbocycles. The molecule has 0 aromatic heterocycles. The molecule has 1 unspecified atom stereocenters. The number of hydrogen-bond acceptors (Lipinski definition) is 3. The number of likely N-dealkylation sites (tertiary alicyclic amines) is 1. The van der Waals surface area contributed by atoms with Gasteiger partial charge in [-0.05, 0) is 70.3 Å². The van der Waals surface area contributed by atoms with Gasteiger partial charge in [0.25, 0.3) is 0 Å². The molecule has 0 saturated carbocycles. The van der Waals surface area contributed by atoms with Crippen molar-refractivity contribution in [2.45, 2.75) is 56.9 Å². The lowest BCUT2D eigenvalue weighted by Crippen LogP contribution is -2.57. The maximum Gasteiger partial charge on any atom is 0.231 e. The molecule has 2 heterocycles. The van der Waals surface area contributed by atoms with Gasteiger partial charge < -0.3 is 15.5 Å². The maximum atomic E-state index is 14.9. The van der Waals surface area contributed by atoms with Crippen molar-refractivity contribution in [2.24, 2.45) is 5.92 Å². The molecule has 2 aromatic rings. The first-order valence-corrected chi connectivity index (χ1v) is 12.4. The Kier molecular flexibility index (Phi) is 8.78. The molecule has 0 bridgehead atoms. The Bertz CT molecular complexity index is 1060. The summed E-state index contributed by atoms with van der Waals surface area (Å²) in [5, 5.41) is 6.40. The molecule has 2 aromatic carbocycles. The standard InChI is InChI=1S/C28H35F2N3O2.ClH/c1-27(2,3)32-26(35)28(23-6-4-5-7-24(23)30)13-16-33(17-14-28)25(34)21-12-15-31-18-22(21)19-8-10-20(29)11-9-19;/h4-11,21-22,31H,12-18H2,1-3H3,(H,32,35);1H/t21?,22-;/m0./s1. The van der Waals surface area contributed by atoms with Crippen LogP contribution in [0.5, 0.6) is 0 Å². The Morgan fingerprint density at radius 3 is 2.28 bits per heavy atom. The fourth-order valence-electron chi connectivity index (χ4n) is 5.49. The Balaban J connectivity index is 0.00000361. The number of amides is 2. The first-order valence-electron chi connectivity index (χ1n) is 12.4. The van der Waals surface area contributed by atoms with Gasteiger partial charge in [0.2, 0.25) is 11.8 Å². The van der Waals surface area contributed by atoms with Crippen molar-refractivity contribution in [2.75, 3.05) is 26.2 Å². The predicted octanol–water partition coefficient (Wildman–Crippen LogP) is 4.55. The molecule has 2 amide bonds. The van der Waals surface area contributed by atoms with Crippen LogP contribution in [-0.4, -0.2) is 48.4 Å². The van der Waals surface area contributed by atoms with Crippen LogP contribution in [0.25, 0.3) is 0 Å². The van der Waals surface area contributed by atoms with Crippen LogP contribution in [0.3, 0.4) is 0 Å². The zero-order chi connectivity index (χ0) is 25.2. The second-order valence-corrected chi connectivity index (χ2v) is 10.8. The summed E-state index contributed by atoms with van der Waals surface area (Å²) < 4.78 is 28.4. The summed E-state index contributed by atoms with van der Waals surface area (Å²) >= 11 is 0. The van der Waals surface area contributed by atoms with Crippen LogP contribution in [0.4, 0.5) is 8.78 Å².